The largest absolute Gasteiger partial charge is 0.361 e. The minimum absolute atomic E-state index is 0.227. The van der Waals surface area contributed by atoms with E-state index in [2.05, 4.69) is 43.7 Å². The first-order chi connectivity index (χ1) is 16.2. The van der Waals surface area contributed by atoms with E-state index in [9.17, 15) is 8.78 Å². The van der Waals surface area contributed by atoms with Gasteiger partial charge in [0, 0.05) is 61.1 Å². The van der Waals surface area contributed by atoms with Crippen LogP contribution in [-0.2, 0) is 12.8 Å². The average molecular weight is 451 g/mol. The van der Waals surface area contributed by atoms with Crippen molar-refractivity contribution in [3.63, 3.8) is 0 Å². The number of halogens is 2. The van der Waals surface area contributed by atoms with Crippen LogP contribution in [0.25, 0.3) is 16.6 Å². The molecule has 5 rings (SSSR count). The zero-order valence-corrected chi connectivity index (χ0v) is 18.5. The number of benzene rings is 2. The molecule has 1 saturated heterocycles. The second-order valence-corrected chi connectivity index (χ2v) is 8.68. The van der Waals surface area contributed by atoms with E-state index in [1.54, 1.807) is 18.7 Å². The Kier molecular flexibility index (Phi) is 6.46. The number of aromatic nitrogens is 4. The molecule has 0 amide bonds. The van der Waals surface area contributed by atoms with Gasteiger partial charge < -0.3 is 10.3 Å². The van der Waals surface area contributed by atoms with Gasteiger partial charge in [-0.1, -0.05) is 6.07 Å². The van der Waals surface area contributed by atoms with Crippen LogP contribution in [0.1, 0.15) is 24.0 Å². The Morgan fingerprint density at radius 1 is 0.970 bits per heavy atom. The SMILES string of the molecule is Fc1ccc(CC(CCCc2c[nH]c3ccc(-n4cnnc4)cc23)N2CCNCC2)c(F)c1. The molecule has 4 aromatic rings. The van der Waals surface area contributed by atoms with E-state index in [1.807, 2.05) is 10.6 Å². The summed E-state index contributed by atoms with van der Waals surface area (Å²) in [5.74, 6) is -0.978. The van der Waals surface area contributed by atoms with Crippen LogP contribution in [0.5, 0.6) is 0 Å². The van der Waals surface area contributed by atoms with Crippen LogP contribution in [0.2, 0.25) is 0 Å². The van der Waals surface area contributed by atoms with Crippen LogP contribution >= 0.6 is 0 Å². The molecule has 0 radical (unpaired) electrons. The predicted octanol–water partition coefficient (Wildman–Crippen LogP) is 3.87. The summed E-state index contributed by atoms with van der Waals surface area (Å²) in [6.45, 7) is 3.78. The number of nitrogens with one attached hydrogen (secondary N) is 2. The lowest BCUT2D eigenvalue weighted by molar-refractivity contribution is 0.161. The zero-order valence-electron chi connectivity index (χ0n) is 18.5. The second-order valence-electron chi connectivity index (χ2n) is 8.68. The van der Waals surface area contributed by atoms with Crippen LogP contribution in [0.4, 0.5) is 8.78 Å². The number of aromatic amines is 1. The molecule has 2 N–H and O–H groups in total. The summed E-state index contributed by atoms with van der Waals surface area (Å²) in [5.41, 5.74) is 3.99. The fraction of sp³-hybridized carbons (Fsp3) is 0.360. The van der Waals surface area contributed by atoms with Crippen molar-refractivity contribution >= 4 is 10.9 Å². The topological polar surface area (TPSA) is 61.8 Å². The Labute approximate surface area is 191 Å². The molecule has 8 heteroatoms. The summed E-state index contributed by atoms with van der Waals surface area (Å²) in [6, 6.07) is 10.4. The van der Waals surface area contributed by atoms with Gasteiger partial charge in [0.05, 0.1) is 0 Å². The van der Waals surface area contributed by atoms with Crippen LogP contribution in [-0.4, -0.2) is 56.9 Å². The number of hydrogen-bond donors (Lipinski definition) is 2. The highest BCUT2D eigenvalue weighted by atomic mass is 19.1. The van der Waals surface area contributed by atoms with Crippen molar-refractivity contribution in [2.45, 2.75) is 31.7 Å². The number of rotatable bonds is 8. The third-order valence-corrected chi connectivity index (χ3v) is 6.59. The fourth-order valence-electron chi connectivity index (χ4n) is 4.80. The molecular weight excluding hydrogens is 422 g/mol. The zero-order chi connectivity index (χ0) is 22.6. The molecule has 1 atom stereocenters. The van der Waals surface area contributed by atoms with Gasteiger partial charge in [0.1, 0.15) is 24.3 Å². The van der Waals surface area contributed by atoms with Crippen molar-refractivity contribution in [2.75, 3.05) is 26.2 Å². The van der Waals surface area contributed by atoms with Gasteiger partial charge in [-0.2, -0.15) is 0 Å². The van der Waals surface area contributed by atoms with Crippen molar-refractivity contribution in [1.29, 1.82) is 0 Å². The molecule has 172 valence electrons. The van der Waals surface area contributed by atoms with Crippen LogP contribution in [0, 0.1) is 11.6 Å². The lowest BCUT2D eigenvalue weighted by Crippen LogP contribution is -2.49. The number of H-pyrrole nitrogens is 1. The van der Waals surface area contributed by atoms with Gasteiger partial charge in [-0.3, -0.25) is 9.47 Å². The van der Waals surface area contributed by atoms with Crippen molar-refractivity contribution in [3.05, 3.63) is 78.0 Å². The highest BCUT2D eigenvalue weighted by molar-refractivity contribution is 5.85. The molecule has 6 nitrogen and oxygen atoms in total. The third kappa shape index (κ3) is 4.96. The highest BCUT2D eigenvalue weighted by Crippen LogP contribution is 2.25. The normalized spacial score (nSPS) is 15.8. The second kappa shape index (κ2) is 9.80. The highest BCUT2D eigenvalue weighted by Gasteiger charge is 2.22. The minimum Gasteiger partial charge on any atom is -0.361 e. The van der Waals surface area contributed by atoms with Gasteiger partial charge in [-0.05, 0) is 61.1 Å². The number of piperazine rings is 1. The minimum atomic E-state index is -0.528. The molecule has 3 heterocycles. The Morgan fingerprint density at radius 2 is 1.79 bits per heavy atom. The van der Waals surface area contributed by atoms with Gasteiger partial charge in [0.25, 0.3) is 0 Å². The standard InChI is InChI=1S/C25H28F2N6/c26-20-5-4-18(24(27)13-20)12-21(32-10-8-28-9-11-32)3-1-2-19-15-29-25-7-6-22(14-23(19)25)33-16-30-31-17-33/h4-7,13-17,21,28-29H,1-3,8-12H2. The van der Waals surface area contributed by atoms with Crippen molar-refractivity contribution in [3.8, 4) is 5.69 Å². The third-order valence-electron chi connectivity index (χ3n) is 6.59. The lowest BCUT2D eigenvalue weighted by atomic mass is 9.96. The molecule has 33 heavy (non-hydrogen) atoms. The predicted molar refractivity (Wildman–Crippen MR) is 124 cm³/mol. The fourth-order valence-corrected chi connectivity index (χ4v) is 4.80. The number of fused-ring (bicyclic) bond motifs is 1. The maximum atomic E-state index is 14.4. The summed E-state index contributed by atoms with van der Waals surface area (Å²) in [4.78, 5) is 5.81. The molecular formula is C25H28F2N6. The number of aryl methyl sites for hydroxylation is 1. The molecule has 1 fully saturated rings. The van der Waals surface area contributed by atoms with Crippen molar-refractivity contribution < 1.29 is 8.78 Å². The van der Waals surface area contributed by atoms with E-state index >= 15 is 0 Å². The Hall–Kier alpha value is -3.10. The van der Waals surface area contributed by atoms with Crippen molar-refractivity contribution in [2.24, 2.45) is 0 Å². The summed E-state index contributed by atoms with van der Waals surface area (Å²) >= 11 is 0. The molecule has 1 unspecified atom stereocenters. The summed E-state index contributed by atoms with van der Waals surface area (Å²) in [6.07, 6.45) is 8.94. The molecule has 2 aromatic heterocycles. The van der Waals surface area contributed by atoms with Crippen LogP contribution in [0.3, 0.4) is 0 Å². The van der Waals surface area contributed by atoms with Crippen LogP contribution in [0.15, 0.2) is 55.2 Å². The molecule has 1 aliphatic rings. The quantitative estimate of drug-likeness (QED) is 0.428. The summed E-state index contributed by atoms with van der Waals surface area (Å²) in [7, 11) is 0. The van der Waals surface area contributed by atoms with Gasteiger partial charge in [-0.25, -0.2) is 8.78 Å². The molecule has 2 aromatic carbocycles. The summed E-state index contributed by atoms with van der Waals surface area (Å²) < 4.78 is 29.6. The first-order valence-electron chi connectivity index (χ1n) is 11.5. The molecule has 1 aliphatic heterocycles. The van der Waals surface area contributed by atoms with Crippen molar-refractivity contribution in [1.82, 2.24) is 30.0 Å². The van der Waals surface area contributed by atoms with Gasteiger partial charge in [0.15, 0.2) is 0 Å². The van der Waals surface area contributed by atoms with Crippen LogP contribution < -0.4 is 5.32 Å². The van der Waals surface area contributed by atoms with E-state index in [1.165, 1.54) is 17.0 Å². The van der Waals surface area contributed by atoms with E-state index in [0.717, 1.165) is 62.7 Å². The van der Waals surface area contributed by atoms with E-state index in [-0.39, 0.29) is 6.04 Å². The maximum Gasteiger partial charge on any atom is 0.129 e. The summed E-state index contributed by atoms with van der Waals surface area (Å²) in [5, 5.41) is 12.4. The molecule has 0 bridgehead atoms. The Morgan fingerprint density at radius 3 is 2.58 bits per heavy atom. The molecule has 0 spiro atoms. The van der Waals surface area contributed by atoms with Gasteiger partial charge >= 0.3 is 0 Å². The van der Waals surface area contributed by atoms with E-state index in [0.29, 0.717) is 12.0 Å². The van der Waals surface area contributed by atoms with E-state index in [4.69, 9.17) is 0 Å². The lowest BCUT2D eigenvalue weighted by Gasteiger charge is -2.35. The van der Waals surface area contributed by atoms with Gasteiger partial charge in [-0.15, -0.1) is 10.2 Å². The first kappa shape index (κ1) is 21.7. The van der Waals surface area contributed by atoms with Gasteiger partial charge in [0.2, 0.25) is 0 Å². The maximum absolute atomic E-state index is 14.4. The number of nitrogens with zero attached hydrogens (tertiary/aromatic N) is 4. The monoisotopic (exact) mass is 450 g/mol. The molecule has 0 saturated carbocycles. The Bertz CT molecular complexity index is 1200. The Balaban J connectivity index is 1.30. The number of hydrogen-bond acceptors (Lipinski definition) is 4. The molecule has 0 aliphatic carbocycles. The van der Waals surface area contributed by atoms with E-state index < -0.39 is 11.6 Å². The first-order valence-corrected chi connectivity index (χ1v) is 11.5. The average Bonchev–Trinajstić information content (AvgIpc) is 3.51. The smallest absolute Gasteiger partial charge is 0.129 e.